The third-order valence-corrected chi connectivity index (χ3v) is 5.25. The number of primary amides is 1. The molecule has 0 saturated carbocycles. The van der Waals surface area contributed by atoms with Gasteiger partial charge in [-0.15, -0.1) is 11.3 Å². The molecule has 3 aromatic rings. The highest BCUT2D eigenvalue weighted by Crippen LogP contribution is 2.35. The van der Waals surface area contributed by atoms with Crippen LogP contribution in [-0.2, 0) is 17.8 Å². The number of carbonyl (C=O) groups excluding carboxylic acids is 1. The Morgan fingerprint density at radius 2 is 2.00 bits per heavy atom. The molecule has 0 aliphatic heterocycles. The van der Waals surface area contributed by atoms with Crippen LogP contribution in [0.15, 0.2) is 35.1 Å². The van der Waals surface area contributed by atoms with E-state index < -0.39 is 0 Å². The maximum Gasteiger partial charge on any atom is 0.262 e. The minimum absolute atomic E-state index is 0.0328. The summed E-state index contributed by atoms with van der Waals surface area (Å²) in [6, 6.07) is 9.93. The van der Waals surface area contributed by atoms with Crippen molar-refractivity contribution in [1.29, 1.82) is 0 Å². The highest BCUT2D eigenvalue weighted by molar-refractivity contribution is 7.19. The van der Waals surface area contributed by atoms with Gasteiger partial charge in [-0.05, 0) is 18.9 Å². The van der Waals surface area contributed by atoms with Crippen LogP contribution in [0.1, 0.15) is 30.5 Å². The number of fused-ring (bicyclic) bond motifs is 1. The van der Waals surface area contributed by atoms with E-state index in [0.717, 1.165) is 26.7 Å². The molecule has 0 aliphatic carbocycles. The van der Waals surface area contributed by atoms with Crippen molar-refractivity contribution in [2.45, 2.75) is 39.7 Å². The Labute approximate surface area is 150 Å². The normalized spacial score (nSPS) is 11.1. The van der Waals surface area contributed by atoms with Crippen LogP contribution in [0, 0.1) is 6.92 Å². The molecule has 2 N–H and O–H groups in total. The second kappa shape index (κ2) is 7.19. The largest absolute Gasteiger partial charge is 0.370 e. The highest BCUT2D eigenvalue weighted by atomic mass is 32.1. The summed E-state index contributed by atoms with van der Waals surface area (Å²) in [7, 11) is 0. The standard InChI is InChI=1S/C19H21N3O2S/c1-3-15-21-18-17(19(24)22(15)11-7-10-14(20)23)16(12(2)25-18)13-8-5-4-6-9-13/h4-6,8-9H,3,7,10-11H2,1-2H3,(H2,20,23). The summed E-state index contributed by atoms with van der Waals surface area (Å²) in [6.45, 7) is 4.46. The number of aryl methyl sites for hydroxylation is 2. The van der Waals surface area contributed by atoms with Crippen molar-refractivity contribution in [2.24, 2.45) is 5.73 Å². The highest BCUT2D eigenvalue weighted by Gasteiger charge is 2.19. The number of benzene rings is 1. The molecule has 1 amide bonds. The zero-order valence-corrected chi connectivity index (χ0v) is 15.2. The van der Waals surface area contributed by atoms with Crippen LogP contribution in [0.2, 0.25) is 0 Å². The van der Waals surface area contributed by atoms with Gasteiger partial charge in [-0.3, -0.25) is 14.2 Å². The molecule has 3 rings (SSSR count). The van der Waals surface area contributed by atoms with E-state index in [1.165, 1.54) is 0 Å². The van der Waals surface area contributed by atoms with Crippen molar-refractivity contribution in [3.8, 4) is 11.1 Å². The molecule has 0 saturated heterocycles. The Morgan fingerprint density at radius 3 is 2.64 bits per heavy atom. The predicted molar refractivity (Wildman–Crippen MR) is 102 cm³/mol. The maximum atomic E-state index is 13.2. The van der Waals surface area contributed by atoms with E-state index in [0.29, 0.717) is 24.8 Å². The first-order chi connectivity index (χ1) is 12.0. The first-order valence-electron chi connectivity index (χ1n) is 8.39. The maximum absolute atomic E-state index is 13.2. The van der Waals surface area contributed by atoms with Gasteiger partial charge < -0.3 is 5.73 Å². The Hall–Kier alpha value is -2.47. The second-order valence-electron chi connectivity index (χ2n) is 5.99. The number of hydrogen-bond donors (Lipinski definition) is 1. The minimum atomic E-state index is -0.350. The Kier molecular flexibility index (Phi) is 4.99. The fourth-order valence-electron chi connectivity index (χ4n) is 3.10. The van der Waals surface area contributed by atoms with Gasteiger partial charge in [0.15, 0.2) is 0 Å². The minimum Gasteiger partial charge on any atom is -0.370 e. The summed E-state index contributed by atoms with van der Waals surface area (Å²) >= 11 is 1.56. The summed E-state index contributed by atoms with van der Waals surface area (Å²) in [5.74, 6) is 0.402. The van der Waals surface area contributed by atoms with E-state index in [4.69, 9.17) is 10.7 Å². The van der Waals surface area contributed by atoms with Crippen LogP contribution in [0.3, 0.4) is 0 Å². The summed E-state index contributed by atoms with van der Waals surface area (Å²) < 4.78 is 1.70. The van der Waals surface area contributed by atoms with Crippen LogP contribution in [0.25, 0.3) is 21.3 Å². The van der Waals surface area contributed by atoms with Gasteiger partial charge in [-0.2, -0.15) is 0 Å². The molecule has 130 valence electrons. The van der Waals surface area contributed by atoms with E-state index >= 15 is 0 Å². The Morgan fingerprint density at radius 1 is 1.28 bits per heavy atom. The number of nitrogens with zero attached hydrogens (tertiary/aromatic N) is 2. The zero-order chi connectivity index (χ0) is 18.0. The molecule has 0 spiro atoms. The van der Waals surface area contributed by atoms with Gasteiger partial charge >= 0.3 is 0 Å². The molecule has 2 heterocycles. The number of nitrogens with two attached hydrogens (primary N) is 1. The van der Waals surface area contributed by atoms with Crippen LogP contribution in [0.4, 0.5) is 0 Å². The van der Waals surface area contributed by atoms with Crippen LogP contribution in [0.5, 0.6) is 0 Å². The van der Waals surface area contributed by atoms with Gasteiger partial charge in [0, 0.05) is 29.8 Å². The lowest BCUT2D eigenvalue weighted by molar-refractivity contribution is -0.118. The quantitative estimate of drug-likeness (QED) is 0.737. The summed E-state index contributed by atoms with van der Waals surface area (Å²) in [5, 5.41) is 0.671. The number of carbonyl (C=O) groups is 1. The van der Waals surface area contributed by atoms with Gasteiger partial charge in [0.25, 0.3) is 5.56 Å². The average molecular weight is 355 g/mol. The number of hydrogen-bond acceptors (Lipinski definition) is 4. The van der Waals surface area contributed by atoms with E-state index in [9.17, 15) is 9.59 Å². The molecule has 6 heteroatoms. The second-order valence-corrected chi connectivity index (χ2v) is 7.19. The van der Waals surface area contributed by atoms with Gasteiger partial charge in [0.2, 0.25) is 5.91 Å². The average Bonchev–Trinajstić information content (AvgIpc) is 2.93. The molecule has 0 unspecified atom stereocenters. The molecule has 0 atom stereocenters. The van der Waals surface area contributed by atoms with E-state index in [2.05, 4.69) is 0 Å². The molecule has 0 aliphatic rings. The zero-order valence-electron chi connectivity index (χ0n) is 14.4. The summed E-state index contributed by atoms with van der Waals surface area (Å²) in [4.78, 5) is 30.8. The first kappa shape index (κ1) is 17.4. The molecular formula is C19H21N3O2S. The van der Waals surface area contributed by atoms with Crippen molar-refractivity contribution in [3.05, 3.63) is 51.4 Å². The van der Waals surface area contributed by atoms with Gasteiger partial charge in [0.05, 0.1) is 5.39 Å². The third kappa shape index (κ3) is 3.35. The molecule has 2 aromatic heterocycles. The molecular weight excluding hydrogens is 334 g/mol. The number of thiophene rings is 1. The molecule has 0 radical (unpaired) electrons. The van der Waals surface area contributed by atoms with Crippen molar-refractivity contribution < 1.29 is 4.79 Å². The fraction of sp³-hybridized carbons (Fsp3) is 0.316. The van der Waals surface area contributed by atoms with Gasteiger partial charge in [-0.25, -0.2) is 4.98 Å². The van der Waals surface area contributed by atoms with Crippen molar-refractivity contribution in [1.82, 2.24) is 9.55 Å². The lowest BCUT2D eigenvalue weighted by atomic mass is 10.0. The third-order valence-electron chi connectivity index (χ3n) is 4.25. The van der Waals surface area contributed by atoms with Gasteiger partial charge in [-0.1, -0.05) is 37.3 Å². The van der Waals surface area contributed by atoms with Crippen LogP contribution in [-0.4, -0.2) is 15.5 Å². The fourth-order valence-corrected chi connectivity index (χ4v) is 4.16. The predicted octanol–water partition coefficient (Wildman–Crippen LogP) is 3.26. The van der Waals surface area contributed by atoms with Gasteiger partial charge in [0.1, 0.15) is 10.7 Å². The van der Waals surface area contributed by atoms with E-state index in [1.54, 1.807) is 15.9 Å². The topological polar surface area (TPSA) is 78.0 Å². The number of rotatable bonds is 6. The van der Waals surface area contributed by atoms with Crippen LogP contribution >= 0.6 is 11.3 Å². The van der Waals surface area contributed by atoms with E-state index in [-0.39, 0.29) is 17.9 Å². The summed E-state index contributed by atoms with van der Waals surface area (Å²) in [5.41, 5.74) is 7.17. The summed E-state index contributed by atoms with van der Waals surface area (Å²) in [6.07, 6.45) is 1.47. The van der Waals surface area contributed by atoms with Crippen molar-refractivity contribution in [2.75, 3.05) is 0 Å². The monoisotopic (exact) mass is 355 g/mol. The van der Waals surface area contributed by atoms with Crippen LogP contribution < -0.4 is 11.3 Å². The molecule has 25 heavy (non-hydrogen) atoms. The number of amides is 1. The van der Waals surface area contributed by atoms with E-state index in [1.807, 2.05) is 44.2 Å². The Bertz CT molecular complexity index is 974. The first-order valence-corrected chi connectivity index (χ1v) is 9.21. The molecule has 1 aromatic carbocycles. The lowest BCUT2D eigenvalue weighted by Gasteiger charge is -2.11. The molecule has 5 nitrogen and oxygen atoms in total. The lowest BCUT2D eigenvalue weighted by Crippen LogP contribution is -2.25. The molecule has 0 bridgehead atoms. The smallest absolute Gasteiger partial charge is 0.262 e. The molecule has 0 fully saturated rings. The number of aromatic nitrogens is 2. The van der Waals surface area contributed by atoms with Crippen molar-refractivity contribution in [3.63, 3.8) is 0 Å². The van der Waals surface area contributed by atoms with Crippen molar-refractivity contribution >= 4 is 27.5 Å². The Balaban J connectivity index is 2.19. The SMILES string of the molecule is CCc1nc2sc(C)c(-c3ccccc3)c2c(=O)n1CCCC(N)=O.